The molecule has 2 aliphatic rings. The maximum absolute atomic E-state index is 12.5. The van der Waals surface area contributed by atoms with Crippen molar-refractivity contribution in [1.82, 2.24) is 9.80 Å². The molecule has 0 bridgehead atoms. The summed E-state index contributed by atoms with van der Waals surface area (Å²) < 4.78 is 5.23. The summed E-state index contributed by atoms with van der Waals surface area (Å²) in [6.45, 7) is 5.64. The SMILES string of the molecule is C=CCN1C(=O)CCC[C@@]12CCCN(C(=O)c1ccco1)C2. The standard InChI is InChI=1S/C17H22N2O3/c1-2-10-19-15(20)7-3-8-17(19)9-5-11-18(13-17)16(21)14-6-4-12-22-14/h2,4,6,12H,1,3,5,7-11,13H2/t17-/m0/s1. The summed E-state index contributed by atoms with van der Waals surface area (Å²) in [5, 5.41) is 0. The van der Waals surface area contributed by atoms with E-state index in [1.807, 2.05) is 9.80 Å². The number of hydrogen-bond acceptors (Lipinski definition) is 3. The number of carbonyl (C=O) groups excluding carboxylic acids is 2. The molecule has 0 N–H and O–H groups in total. The summed E-state index contributed by atoms with van der Waals surface area (Å²) >= 11 is 0. The first-order chi connectivity index (χ1) is 10.7. The van der Waals surface area contributed by atoms with E-state index in [0.717, 1.165) is 32.2 Å². The van der Waals surface area contributed by atoms with Crippen LogP contribution in [0.25, 0.3) is 0 Å². The molecule has 0 unspecified atom stereocenters. The predicted octanol–water partition coefficient (Wildman–Crippen LogP) is 2.45. The van der Waals surface area contributed by atoms with Gasteiger partial charge in [0, 0.05) is 26.1 Å². The van der Waals surface area contributed by atoms with Gasteiger partial charge in [0.15, 0.2) is 5.76 Å². The normalized spacial score (nSPS) is 25.5. The van der Waals surface area contributed by atoms with Crippen molar-refractivity contribution in [3.8, 4) is 0 Å². The highest BCUT2D eigenvalue weighted by Gasteiger charge is 2.45. The van der Waals surface area contributed by atoms with E-state index >= 15 is 0 Å². The number of piperidine rings is 2. The Bertz CT molecular complexity index is 562. The van der Waals surface area contributed by atoms with Crippen molar-refractivity contribution in [2.24, 2.45) is 0 Å². The van der Waals surface area contributed by atoms with Crippen molar-refractivity contribution in [1.29, 1.82) is 0 Å². The molecule has 1 atom stereocenters. The second kappa shape index (κ2) is 5.99. The van der Waals surface area contributed by atoms with Crippen LogP contribution in [0.4, 0.5) is 0 Å². The van der Waals surface area contributed by atoms with Crippen molar-refractivity contribution in [2.45, 2.75) is 37.6 Å². The van der Waals surface area contributed by atoms with E-state index in [4.69, 9.17) is 4.42 Å². The number of likely N-dealkylation sites (tertiary alicyclic amines) is 2. The van der Waals surface area contributed by atoms with Crippen LogP contribution in [0.2, 0.25) is 0 Å². The Morgan fingerprint density at radius 3 is 2.95 bits per heavy atom. The van der Waals surface area contributed by atoms with Crippen LogP contribution in [0.5, 0.6) is 0 Å². The number of rotatable bonds is 3. The zero-order chi connectivity index (χ0) is 15.6. The van der Waals surface area contributed by atoms with Crippen LogP contribution in [0.3, 0.4) is 0 Å². The summed E-state index contributed by atoms with van der Waals surface area (Å²) in [4.78, 5) is 28.6. The topological polar surface area (TPSA) is 53.8 Å². The van der Waals surface area contributed by atoms with Gasteiger partial charge in [-0.2, -0.15) is 0 Å². The van der Waals surface area contributed by atoms with Crippen LogP contribution >= 0.6 is 0 Å². The Balaban J connectivity index is 1.82. The number of furan rings is 1. The van der Waals surface area contributed by atoms with Gasteiger partial charge in [-0.3, -0.25) is 9.59 Å². The molecular weight excluding hydrogens is 280 g/mol. The fraction of sp³-hybridized carbons (Fsp3) is 0.529. The van der Waals surface area contributed by atoms with Crippen LogP contribution in [0, 0.1) is 0 Å². The van der Waals surface area contributed by atoms with E-state index in [2.05, 4.69) is 6.58 Å². The van der Waals surface area contributed by atoms with Crippen molar-refractivity contribution >= 4 is 11.8 Å². The minimum Gasteiger partial charge on any atom is -0.459 e. The summed E-state index contributed by atoms with van der Waals surface area (Å²) in [5.41, 5.74) is -0.232. The third-order valence-electron chi connectivity index (χ3n) is 4.79. The lowest BCUT2D eigenvalue weighted by molar-refractivity contribution is -0.143. The molecule has 2 fully saturated rings. The number of carbonyl (C=O) groups is 2. The van der Waals surface area contributed by atoms with Crippen LogP contribution in [0.15, 0.2) is 35.5 Å². The zero-order valence-corrected chi connectivity index (χ0v) is 12.8. The Morgan fingerprint density at radius 2 is 2.23 bits per heavy atom. The van der Waals surface area contributed by atoms with Gasteiger partial charge in [0.1, 0.15) is 0 Å². The molecule has 0 aliphatic carbocycles. The molecule has 3 rings (SSSR count). The average Bonchev–Trinajstić information content (AvgIpc) is 3.05. The molecule has 1 aromatic rings. The van der Waals surface area contributed by atoms with E-state index in [0.29, 0.717) is 25.3 Å². The van der Waals surface area contributed by atoms with Crippen molar-refractivity contribution in [2.75, 3.05) is 19.6 Å². The second-order valence-corrected chi connectivity index (χ2v) is 6.18. The zero-order valence-electron chi connectivity index (χ0n) is 12.8. The Labute approximate surface area is 130 Å². The molecule has 22 heavy (non-hydrogen) atoms. The van der Waals surface area contributed by atoms with Crippen LogP contribution < -0.4 is 0 Å². The first kappa shape index (κ1) is 14.9. The maximum Gasteiger partial charge on any atom is 0.289 e. The molecule has 3 heterocycles. The molecule has 1 spiro atoms. The molecule has 1 aromatic heterocycles. The molecule has 2 saturated heterocycles. The summed E-state index contributed by atoms with van der Waals surface area (Å²) in [6, 6.07) is 3.41. The van der Waals surface area contributed by atoms with Crippen LogP contribution in [-0.2, 0) is 4.79 Å². The molecule has 0 saturated carbocycles. The highest BCUT2D eigenvalue weighted by atomic mass is 16.3. The highest BCUT2D eigenvalue weighted by molar-refractivity contribution is 5.91. The quantitative estimate of drug-likeness (QED) is 0.806. The van der Waals surface area contributed by atoms with Crippen molar-refractivity contribution < 1.29 is 14.0 Å². The first-order valence-corrected chi connectivity index (χ1v) is 7.90. The van der Waals surface area contributed by atoms with Crippen molar-refractivity contribution in [3.63, 3.8) is 0 Å². The summed E-state index contributed by atoms with van der Waals surface area (Å²) in [6.07, 6.45) is 7.60. The molecule has 5 nitrogen and oxygen atoms in total. The number of amides is 2. The Morgan fingerprint density at radius 1 is 1.41 bits per heavy atom. The molecule has 118 valence electrons. The van der Waals surface area contributed by atoms with Gasteiger partial charge < -0.3 is 14.2 Å². The molecule has 5 heteroatoms. The fourth-order valence-electron chi connectivity index (χ4n) is 3.79. The van der Waals surface area contributed by atoms with Gasteiger partial charge in [-0.1, -0.05) is 6.08 Å². The van der Waals surface area contributed by atoms with Gasteiger partial charge in [0.05, 0.1) is 11.8 Å². The van der Waals surface area contributed by atoms with E-state index in [-0.39, 0.29) is 17.4 Å². The van der Waals surface area contributed by atoms with E-state index in [1.165, 1.54) is 6.26 Å². The smallest absolute Gasteiger partial charge is 0.289 e. The number of hydrogen-bond donors (Lipinski definition) is 0. The van der Waals surface area contributed by atoms with E-state index in [1.54, 1.807) is 18.2 Å². The first-order valence-electron chi connectivity index (χ1n) is 7.90. The molecule has 2 amide bonds. The fourth-order valence-corrected chi connectivity index (χ4v) is 3.79. The third kappa shape index (κ3) is 2.56. The second-order valence-electron chi connectivity index (χ2n) is 6.18. The molecular formula is C17H22N2O3. The number of nitrogens with zero attached hydrogens (tertiary/aromatic N) is 2. The van der Waals surface area contributed by atoms with Crippen molar-refractivity contribution in [3.05, 3.63) is 36.8 Å². The Hall–Kier alpha value is -2.04. The monoisotopic (exact) mass is 302 g/mol. The lowest BCUT2D eigenvalue weighted by Gasteiger charge is -2.51. The van der Waals surface area contributed by atoms with Gasteiger partial charge >= 0.3 is 0 Å². The van der Waals surface area contributed by atoms with Gasteiger partial charge in [-0.15, -0.1) is 6.58 Å². The third-order valence-corrected chi connectivity index (χ3v) is 4.79. The lowest BCUT2D eigenvalue weighted by Crippen LogP contribution is -2.63. The van der Waals surface area contributed by atoms with E-state index in [9.17, 15) is 9.59 Å². The van der Waals surface area contributed by atoms with Gasteiger partial charge in [-0.05, 0) is 37.8 Å². The molecule has 0 aromatic carbocycles. The minimum absolute atomic E-state index is 0.0827. The molecule has 0 radical (unpaired) electrons. The van der Waals surface area contributed by atoms with Crippen LogP contribution in [-0.4, -0.2) is 46.8 Å². The summed E-state index contributed by atoms with van der Waals surface area (Å²) in [5.74, 6) is 0.466. The Kier molecular flexibility index (Phi) is 4.05. The summed E-state index contributed by atoms with van der Waals surface area (Å²) in [7, 11) is 0. The van der Waals surface area contributed by atoms with Gasteiger partial charge in [0.2, 0.25) is 5.91 Å². The highest BCUT2D eigenvalue weighted by Crippen LogP contribution is 2.37. The van der Waals surface area contributed by atoms with Gasteiger partial charge in [-0.25, -0.2) is 0 Å². The average molecular weight is 302 g/mol. The largest absolute Gasteiger partial charge is 0.459 e. The molecule has 2 aliphatic heterocycles. The maximum atomic E-state index is 12.5. The lowest BCUT2D eigenvalue weighted by atomic mass is 9.79. The minimum atomic E-state index is -0.232. The van der Waals surface area contributed by atoms with E-state index < -0.39 is 0 Å². The van der Waals surface area contributed by atoms with Gasteiger partial charge in [0.25, 0.3) is 5.91 Å². The predicted molar refractivity (Wildman–Crippen MR) is 82.3 cm³/mol. The van der Waals surface area contributed by atoms with Crippen LogP contribution in [0.1, 0.15) is 42.7 Å².